The highest BCUT2D eigenvalue weighted by Crippen LogP contribution is 2.29. The Labute approximate surface area is 123 Å². The predicted octanol–water partition coefficient (Wildman–Crippen LogP) is 0.934. The standard InChI is InChI=1S/C15H10N4O3/c20-11-4-2-1-3-7(11)10-5-8-12-9(6-16-15(12)22)14(21)17-13(8)19-18-10/h1-5,20H,6H2,(H,16,22)(H,17,19,21). The molecule has 0 bridgehead atoms. The number of para-hydroxylation sites is 1. The Morgan fingerprint density at radius 2 is 1.95 bits per heavy atom. The lowest BCUT2D eigenvalue weighted by molar-refractivity contribution is 0.0967. The van der Waals surface area contributed by atoms with Crippen LogP contribution < -0.4 is 10.9 Å². The summed E-state index contributed by atoms with van der Waals surface area (Å²) in [5.41, 5.74) is 1.57. The van der Waals surface area contributed by atoms with E-state index in [1.807, 2.05) is 0 Å². The van der Waals surface area contributed by atoms with Gasteiger partial charge in [0.05, 0.1) is 11.3 Å². The molecule has 1 aromatic carbocycles. The van der Waals surface area contributed by atoms with Crippen LogP contribution in [0.1, 0.15) is 15.9 Å². The Kier molecular flexibility index (Phi) is 2.50. The van der Waals surface area contributed by atoms with Gasteiger partial charge in [-0.3, -0.25) is 9.59 Å². The summed E-state index contributed by atoms with van der Waals surface area (Å²) < 4.78 is 0. The van der Waals surface area contributed by atoms with Crippen molar-refractivity contribution >= 4 is 16.9 Å². The number of pyridine rings is 1. The zero-order chi connectivity index (χ0) is 15.3. The van der Waals surface area contributed by atoms with Gasteiger partial charge in [0, 0.05) is 23.1 Å². The lowest BCUT2D eigenvalue weighted by atomic mass is 10.0. The number of fused-ring (bicyclic) bond motifs is 3. The number of carbonyl (C=O) groups excluding carboxylic acids is 1. The first-order chi connectivity index (χ1) is 10.6. The minimum absolute atomic E-state index is 0.0710. The number of phenols is 1. The number of aromatic amines is 1. The van der Waals surface area contributed by atoms with Crippen molar-refractivity contribution in [2.24, 2.45) is 0 Å². The minimum Gasteiger partial charge on any atom is -0.507 e. The number of carbonyl (C=O) groups is 1. The molecule has 0 saturated heterocycles. The fourth-order valence-electron chi connectivity index (χ4n) is 2.64. The number of aromatic nitrogens is 3. The van der Waals surface area contributed by atoms with E-state index >= 15 is 0 Å². The molecule has 1 aliphatic rings. The SMILES string of the molecule is O=C1NCc2c1c1cc(-c3ccccc3O)nnc1[nH]c2=O. The molecule has 2 aromatic heterocycles. The third-order valence-electron chi connectivity index (χ3n) is 3.70. The van der Waals surface area contributed by atoms with Crippen molar-refractivity contribution < 1.29 is 9.90 Å². The number of phenolic OH excluding ortho intramolecular Hbond substituents is 1. The second-order valence-corrected chi connectivity index (χ2v) is 5.00. The summed E-state index contributed by atoms with van der Waals surface area (Å²) in [5.74, 6) is -0.232. The van der Waals surface area contributed by atoms with E-state index in [9.17, 15) is 14.7 Å². The fraction of sp³-hybridized carbons (Fsp3) is 0.0667. The van der Waals surface area contributed by atoms with Gasteiger partial charge >= 0.3 is 0 Å². The van der Waals surface area contributed by atoms with Crippen molar-refractivity contribution in [3.05, 3.63) is 51.8 Å². The van der Waals surface area contributed by atoms with Gasteiger partial charge in [-0.05, 0) is 18.2 Å². The summed E-state index contributed by atoms with van der Waals surface area (Å²) in [6, 6.07) is 8.38. The molecule has 0 atom stereocenters. The molecule has 0 spiro atoms. The Morgan fingerprint density at radius 1 is 1.14 bits per heavy atom. The van der Waals surface area contributed by atoms with Crippen molar-refractivity contribution in [3.63, 3.8) is 0 Å². The summed E-state index contributed by atoms with van der Waals surface area (Å²) >= 11 is 0. The minimum atomic E-state index is -0.342. The van der Waals surface area contributed by atoms with Gasteiger partial charge in [0.15, 0.2) is 5.65 Å². The average Bonchev–Trinajstić information content (AvgIpc) is 2.91. The third kappa shape index (κ3) is 1.69. The first kappa shape index (κ1) is 12.5. The van der Waals surface area contributed by atoms with Crippen LogP contribution >= 0.6 is 0 Å². The third-order valence-corrected chi connectivity index (χ3v) is 3.70. The second-order valence-electron chi connectivity index (χ2n) is 5.00. The Bertz CT molecular complexity index is 994. The first-order valence-electron chi connectivity index (χ1n) is 6.64. The predicted molar refractivity (Wildman–Crippen MR) is 78.4 cm³/mol. The number of rotatable bonds is 1. The smallest absolute Gasteiger partial charge is 0.255 e. The van der Waals surface area contributed by atoms with Gasteiger partial charge < -0.3 is 15.4 Å². The number of hydrogen-bond donors (Lipinski definition) is 3. The van der Waals surface area contributed by atoms with Gasteiger partial charge in [-0.2, -0.15) is 0 Å². The van der Waals surface area contributed by atoms with Crippen LogP contribution in [0.3, 0.4) is 0 Å². The highest BCUT2D eigenvalue weighted by Gasteiger charge is 2.26. The van der Waals surface area contributed by atoms with Gasteiger partial charge in [-0.15, -0.1) is 10.2 Å². The van der Waals surface area contributed by atoms with Gasteiger partial charge in [0.1, 0.15) is 5.75 Å². The van der Waals surface area contributed by atoms with Crippen molar-refractivity contribution in [3.8, 4) is 17.0 Å². The van der Waals surface area contributed by atoms with E-state index < -0.39 is 0 Å². The summed E-state index contributed by atoms with van der Waals surface area (Å²) in [4.78, 5) is 26.5. The van der Waals surface area contributed by atoms with Crippen LogP contribution in [0.2, 0.25) is 0 Å². The summed E-state index contributed by atoms with van der Waals surface area (Å²) in [6.07, 6.45) is 0. The van der Waals surface area contributed by atoms with E-state index in [2.05, 4.69) is 20.5 Å². The van der Waals surface area contributed by atoms with E-state index in [-0.39, 0.29) is 29.4 Å². The van der Waals surface area contributed by atoms with Crippen LogP contribution in [0.15, 0.2) is 35.1 Å². The number of nitrogens with zero attached hydrogens (tertiary/aromatic N) is 2. The number of H-pyrrole nitrogens is 1. The van der Waals surface area contributed by atoms with E-state index in [0.717, 1.165) is 0 Å². The first-order valence-corrected chi connectivity index (χ1v) is 6.64. The molecule has 4 rings (SSSR count). The van der Waals surface area contributed by atoms with E-state index in [4.69, 9.17) is 0 Å². The van der Waals surface area contributed by atoms with Crippen molar-refractivity contribution in [1.82, 2.24) is 20.5 Å². The quantitative estimate of drug-likeness (QED) is 0.619. The monoisotopic (exact) mass is 294 g/mol. The Hall–Kier alpha value is -3.22. The van der Waals surface area contributed by atoms with Gasteiger partial charge in [-0.25, -0.2) is 0 Å². The molecule has 0 aliphatic carbocycles. The zero-order valence-electron chi connectivity index (χ0n) is 11.3. The highest BCUT2D eigenvalue weighted by molar-refractivity contribution is 6.09. The molecule has 22 heavy (non-hydrogen) atoms. The lowest BCUT2D eigenvalue weighted by Gasteiger charge is -2.06. The molecule has 108 valence electrons. The van der Waals surface area contributed by atoms with Crippen LogP contribution in [0, 0.1) is 0 Å². The zero-order valence-corrected chi connectivity index (χ0v) is 11.3. The van der Waals surface area contributed by atoms with Crippen molar-refractivity contribution in [2.75, 3.05) is 0 Å². The maximum atomic E-state index is 12.0. The van der Waals surface area contributed by atoms with Crippen LogP contribution in [0.5, 0.6) is 5.75 Å². The van der Waals surface area contributed by atoms with Gasteiger partial charge in [0.2, 0.25) is 0 Å². The largest absolute Gasteiger partial charge is 0.507 e. The molecule has 0 fully saturated rings. The number of aromatic hydroxyl groups is 1. The maximum Gasteiger partial charge on any atom is 0.255 e. The summed E-state index contributed by atoms with van der Waals surface area (Å²) in [7, 11) is 0. The second kappa shape index (κ2) is 4.39. The maximum absolute atomic E-state index is 12.0. The number of hydrogen-bond acceptors (Lipinski definition) is 5. The molecule has 0 radical (unpaired) electrons. The normalized spacial score (nSPS) is 13.2. The molecule has 3 aromatic rings. The van der Waals surface area contributed by atoms with Crippen molar-refractivity contribution in [1.29, 1.82) is 0 Å². The van der Waals surface area contributed by atoms with E-state index in [1.165, 1.54) is 0 Å². The molecule has 1 amide bonds. The van der Waals surface area contributed by atoms with Crippen LogP contribution in [0.4, 0.5) is 0 Å². The lowest BCUT2D eigenvalue weighted by Crippen LogP contribution is -2.14. The number of benzene rings is 1. The van der Waals surface area contributed by atoms with Crippen LogP contribution in [-0.2, 0) is 6.54 Å². The molecule has 7 nitrogen and oxygen atoms in total. The topological polar surface area (TPSA) is 108 Å². The Morgan fingerprint density at radius 3 is 2.77 bits per heavy atom. The molecule has 7 heteroatoms. The number of nitrogens with one attached hydrogen (secondary N) is 2. The molecule has 3 heterocycles. The molecule has 1 aliphatic heterocycles. The molecule has 3 N–H and O–H groups in total. The average molecular weight is 294 g/mol. The molecular weight excluding hydrogens is 284 g/mol. The van der Waals surface area contributed by atoms with Crippen molar-refractivity contribution in [2.45, 2.75) is 6.54 Å². The van der Waals surface area contributed by atoms with Gasteiger partial charge in [0.25, 0.3) is 11.5 Å². The molecular formula is C15H10N4O3. The number of amides is 1. The Balaban J connectivity index is 2.05. The molecule has 0 unspecified atom stereocenters. The molecule has 0 saturated carbocycles. The fourth-order valence-corrected chi connectivity index (χ4v) is 2.64. The summed E-state index contributed by atoms with van der Waals surface area (Å²) in [6.45, 7) is 0.202. The highest BCUT2D eigenvalue weighted by atomic mass is 16.3. The van der Waals surface area contributed by atoms with E-state index in [1.54, 1.807) is 30.3 Å². The van der Waals surface area contributed by atoms with Gasteiger partial charge in [-0.1, -0.05) is 12.1 Å². The van der Waals surface area contributed by atoms with E-state index in [0.29, 0.717) is 27.8 Å². The van der Waals surface area contributed by atoms with Crippen LogP contribution in [0.25, 0.3) is 22.3 Å². The summed E-state index contributed by atoms with van der Waals surface area (Å²) in [5, 5.41) is 21.1. The van der Waals surface area contributed by atoms with Crippen LogP contribution in [-0.4, -0.2) is 26.2 Å².